The molecule has 1 radical (unpaired) electrons. The Labute approximate surface area is 114 Å². The number of rotatable bonds is 0. The molecule has 3 aromatic rings. The van der Waals surface area contributed by atoms with Crippen molar-refractivity contribution in [2.75, 3.05) is 0 Å². The van der Waals surface area contributed by atoms with E-state index < -0.39 is 0 Å². The summed E-state index contributed by atoms with van der Waals surface area (Å²) in [5.41, 5.74) is 2.37. The first-order valence-corrected chi connectivity index (χ1v) is 4.65. The number of benzene rings is 1. The minimum atomic E-state index is 0. The third-order valence-corrected chi connectivity index (χ3v) is 2.43. The van der Waals surface area contributed by atoms with Gasteiger partial charge in [-0.3, -0.25) is 0 Å². The molecular formula is C13H9NY. The monoisotopic (exact) mass is 268 g/mol. The summed E-state index contributed by atoms with van der Waals surface area (Å²) in [6.07, 6.45) is 2.07. The van der Waals surface area contributed by atoms with E-state index in [1.807, 2.05) is 24.3 Å². The molecule has 0 amide bonds. The Balaban J connectivity index is 0.000000853. The molecule has 2 heterocycles. The molecular weight excluding hydrogens is 259 g/mol. The van der Waals surface area contributed by atoms with Gasteiger partial charge >= 0.3 is 0 Å². The van der Waals surface area contributed by atoms with Crippen LogP contribution in [0.25, 0.3) is 16.4 Å². The van der Waals surface area contributed by atoms with Crippen LogP contribution in [-0.2, 0) is 32.7 Å². The first kappa shape index (κ1) is 10.7. The molecule has 3 rings (SSSR count). The van der Waals surface area contributed by atoms with Gasteiger partial charge in [-0.2, -0.15) is 0 Å². The number of hydrogen-bond acceptors (Lipinski definition) is 0. The summed E-state index contributed by atoms with van der Waals surface area (Å²) < 4.78 is 2.17. The maximum atomic E-state index is 3.27. The molecule has 0 unspecified atom stereocenters. The van der Waals surface area contributed by atoms with Crippen molar-refractivity contribution in [2.45, 2.75) is 0 Å². The standard InChI is InChI=1S/C13H9N.Y/c1-2-7-13-11(5-1)8-9-12-6-3-4-10-14(12)13;/h1-7,9-10H;. The average molecular weight is 268 g/mol. The second-order valence-corrected chi connectivity index (χ2v) is 3.30. The predicted octanol–water partition coefficient (Wildman–Crippen LogP) is 2.38. The van der Waals surface area contributed by atoms with Crippen LogP contribution in [0.15, 0.2) is 54.7 Å². The molecule has 0 N–H and O–H groups in total. The topological polar surface area (TPSA) is 4.10 Å². The number of aromatic nitrogens is 1. The number of pyridine rings is 2. The normalized spacial score (nSPS) is 10.1. The van der Waals surface area contributed by atoms with E-state index in [0.29, 0.717) is 0 Å². The van der Waals surface area contributed by atoms with Gasteiger partial charge in [-0.15, -0.1) is 18.2 Å². The summed E-state index contributed by atoms with van der Waals surface area (Å²) in [5.74, 6) is 0. The number of hydrogen-bond donors (Lipinski definition) is 0. The SMILES string of the molecule is [Y].[c-]1cc2cccc[n+]2c2ccccc12. The summed E-state index contributed by atoms with van der Waals surface area (Å²) >= 11 is 0. The molecule has 15 heavy (non-hydrogen) atoms. The minimum Gasteiger partial charge on any atom is -0.242 e. The van der Waals surface area contributed by atoms with Gasteiger partial charge in [-0.05, 0) is 12.1 Å². The fourth-order valence-corrected chi connectivity index (χ4v) is 1.75. The van der Waals surface area contributed by atoms with Gasteiger partial charge in [-0.1, -0.05) is 23.6 Å². The first-order chi connectivity index (χ1) is 6.95. The third kappa shape index (κ3) is 1.82. The van der Waals surface area contributed by atoms with Crippen LogP contribution in [0.5, 0.6) is 0 Å². The van der Waals surface area contributed by atoms with Crippen molar-refractivity contribution in [1.82, 2.24) is 0 Å². The third-order valence-electron chi connectivity index (χ3n) is 2.43. The molecule has 0 fully saturated rings. The minimum absolute atomic E-state index is 0. The van der Waals surface area contributed by atoms with E-state index in [9.17, 15) is 0 Å². The van der Waals surface area contributed by atoms with E-state index in [1.54, 1.807) is 0 Å². The van der Waals surface area contributed by atoms with E-state index in [2.05, 4.69) is 40.9 Å². The zero-order valence-electron chi connectivity index (χ0n) is 8.22. The van der Waals surface area contributed by atoms with Crippen molar-refractivity contribution >= 4 is 16.4 Å². The smallest absolute Gasteiger partial charge is 0.157 e. The Morgan fingerprint density at radius 2 is 1.73 bits per heavy atom. The molecule has 0 spiro atoms. The van der Waals surface area contributed by atoms with Crippen molar-refractivity contribution in [3.63, 3.8) is 0 Å². The van der Waals surface area contributed by atoms with Crippen molar-refractivity contribution in [1.29, 1.82) is 0 Å². The molecule has 0 saturated heterocycles. The van der Waals surface area contributed by atoms with E-state index in [1.165, 1.54) is 11.0 Å². The summed E-state index contributed by atoms with van der Waals surface area (Å²) in [7, 11) is 0. The summed E-state index contributed by atoms with van der Waals surface area (Å²) in [5, 5.41) is 1.15. The fraction of sp³-hybridized carbons (Fsp3) is 0. The van der Waals surface area contributed by atoms with Crippen LogP contribution < -0.4 is 4.40 Å². The quantitative estimate of drug-likeness (QED) is 0.335. The Bertz CT molecular complexity index is 550. The van der Waals surface area contributed by atoms with Crippen LogP contribution in [0.1, 0.15) is 0 Å². The van der Waals surface area contributed by atoms with Crippen molar-refractivity contribution in [3.05, 3.63) is 60.8 Å². The van der Waals surface area contributed by atoms with Crippen LogP contribution in [-0.4, -0.2) is 0 Å². The predicted molar refractivity (Wildman–Crippen MR) is 55.9 cm³/mol. The summed E-state index contributed by atoms with van der Waals surface area (Å²) in [6, 6.07) is 19.7. The van der Waals surface area contributed by atoms with Gasteiger partial charge in [-0.25, -0.2) is 4.40 Å². The van der Waals surface area contributed by atoms with Crippen LogP contribution in [0.2, 0.25) is 0 Å². The molecule has 0 bridgehead atoms. The van der Waals surface area contributed by atoms with Crippen LogP contribution >= 0.6 is 0 Å². The Morgan fingerprint density at radius 3 is 2.67 bits per heavy atom. The second-order valence-electron chi connectivity index (χ2n) is 3.30. The molecule has 0 aliphatic carbocycles. The number of nitrogens with zero attached hydrogens (tertiary/aromatic N) is 1. The molecule has 0 aliphatic rings. The average Bonchev–Trinajstić information content (AvgIpc) is 2.29. The van der Waals surface area contributed by atoms with E-state index in [0.717, 1.165) is 5.39 Å². The molecule has 2 aromatic heterocycles. The van der Waals surface area contributed by atoms with Gasteiger partial charge in [0.05, 0.1) is 0 Å². The van der Waals surface area contributed by atoms with E-state index in [-0.39, 0.29) is 32.7 Å². The maximum absolute atomic E-state index is 3.27. The summed E-state index contributed by atoms with van der Waals surface area (Å²) in [6.45, 7) is 0. The maximum Gasteiger partial charge on any atom is 0.157 e. The number of para-hydroxylation sites is 1. The van der Waals surface area contributed by atoms with Crippen molar-refractivity contribution in [3.8, 4) is 0 Å². The van der Waals surface area contributed by atoms with Gasteiger partial charge in [0, 0.05) is 38.8 Å². The van der Waals surface area contributed by atoms with Crippen LogP contribution in [0.3, 0.4) is 0 Å². The zero-order valence-corrected chi connectivity index (χ0v) is 11.1. The van der Waals surface area contributed by atoms with Gasteiger partial charge < -0.3 is 0 Å². The second kappa shape index (κ2) is 4.38. The van der Waals surface area contributed by atoms with Gasteiger partial charge in [0.2, 0.25) is 0 Å². The van der Waals surface area contributed by atoms with Gasteiger partial charge in [0.15, 0.2) is 6.20 Å². The van der Waals surface area contributed by atoms with Gasteiger partial charge in [0.25, 0.3) is 0 Å². The summed E-state index contributed by atoms with van der Waals surface area (Å²) in [4.78, 5) is 0. The van der Waals surface area contributed by atoms with Crippen LogP contribution in [0, 0.1) is 6.07 Å². The molecule has 1 aromatic carbocycles. The van der Waals surface area contributed by atoms with Crippen LogP contribution in [0.4, 0.5) is 0 Å². The molecule has 69 valence electrons. The largest absolute Gasteiger partial charge is 0.242 e. The molecule has 2 heteroatoms. The molecule has 0 aliphatic heterocycles. The number of fused-ring (bicyclic) bond motifs is 3. The Morgan fingerprint density at radius 1 is 0.933 bits per heavy atom. The zero-order chi connectivity index (χ0) is 9.38. The van der Waals surface area contributed by atoms with E-state index in [4.69, 9.17) is 0 Å². The Hall–Kier alpha value is -0.786. The molecule has 0 saturated carbocycles. The molecule has 0 atom stereocenters. The van der Waals surface area contributed by atoms with Gasteiger partial charge in [0.1, 0.15) is 11.0 Å². The van der Waals surface area contributed by atoms with Crippen molar-refractivity contribution < 1.29 is 37.1 Å². The fourth-order valence-electron chi connectivity index (χ4n) is 1.75. The molecule has 1 nitrogen and oxygen atoms in total. The first-order valence-electron chi connectivity index (χ1n) is 4.65. The van der Waals surface area contributed by atoms with E-state index >= 15 is 0 Å². The Kier molecular flexibility index (Phi) is 3.13. The van der Waals surface area contributed by atoms with Crippen molar-refractivity contribution in [2.24, 2.45) is 0 Å².